The topological polar surface area (TPSA) is 53.3 Å². The van der Waals surface area contributed by atoms with Crippen LogP contribution in [-0.2, 0) is 4.74 Å². The minimum Gasteiger partial charge on any atom is -0.449 e. The summed E-state index contributed by atoms with van der Waals surface area (Å²) in [4.78, 5) is 13.6. The van der Waals surface area contributed by atoms with Crippen LogP contribution in [-0.4, -0.2) is 36.7 Å². The van der Waals surface area contributed by atoms with E-state index in [1.54, 1.807) is 45.0 Å². The Labute approximate surface area is 194 Å². The van der Waals surface area contributed by atoms with Crippen LogP contribution in [0.4, 0.5) is 17.7 Å². The molecule has 1 aliphatic rings. The molecular formula is C17H21BF3KN2O2. The van der Waals surface area contributed by atoms with E-state index in [0.29, 0.717) is 11.1 Å². The molecule has 1 saturated heterocycles. The van der Waals surface area contributed by atoms with Crippen molar-refractivity contribution in [2.45, 2.75) is 38.6 Å². The number of nitriles is 1. The van der Waals surface area contributed by atoms with E-state index >= 15 is 0 Å². The molecule has 9 heteroatoms. The van der Waals surface area contributed by atoms with Crippen LogP contribution in [0.1, 0.15) is 37.8 Å². The summed E-state index contributed by atoms with van der Waals surface area (Å²) < 4.78 is 44.3. The van der Waals surface area contributed by atoms with E-state index in [1.807, 2.05) is 6.07 Å². The fraction of sp³-hybridized carbons (Fsp3) is 0.529. The molecule has 1 aromatic rings. The number of likely N-dealkylation sites (tertiary alicyclic amines) is 1. The summed E-state index contributed by atoms with van der Waals surface area (Å²) in [5, 5.41) is 8.86. The molecule has 4 nitrogen and oxygen atoms in total. The molecule has 0 N–H and O–H groups in total. The molecule has 0 bridgehead atoms. The second-order valence-electron chi connectivity index (χ2n) is 7.43. The first-order valence-electron chi connectivity index (χ1n) is 8.17. The van der Waals surface area contributed by atoms with Gasteiger partial charge >= 0.3 is 64.5 Å². The van der Waals surface area contributed by atoms with Crippen molar-refractivity contribution < 1.29 is 73.9 Å². The molecular weight excluding hydrogens is 371 g/mol. The number of halogens is 3. The zero-order chi connectivity index (χ0) is 18.8. The van der Waals surface area contributed by atoms with E-state index in [9.17, 15) is 17.7 Å². The predicted molar refractivity (Wildman–Crippen MR) is 89.1 cm³/mol. The second-order valence-corrected chi connectivity index (χ2v) is 7.43. The standard InChI is InChI=1S/C17H21BF3N2O2.K/c1-17(2,3)25-16(24)23-10-14(8-18(19,20)21)15(11-23)13-6-4-12(9-22)5-7-13;/h4-7,14-15H,8,10-11H2,1-3H3;/q-1;+1/t14-,15+;/m1./s1. The molecule has 0 aromatic heterocycles. The molecule has 1 heterocycles. The summed E-state index contributed by atoms with van der Waals surface area (Å²) in [5.74, 6) is -1.13. The van der Waals surface area contributed by atoms with Crippen molar-refractivity contribution in [2.24, 2.45) is 5.92 Å². The van der Waals surface area contributed by atoms with Crippen molar-refractivity contribution in [3.63, 3.8) is 0 Å². The van der Waals surface area contributed by atoms with Gasteiger partial charge in [-0.25, -0.2) is 4.79 Å². The van der Waals surface area contributed by atoms with Gasteiger partial charge in [0.05, 0.1) is 11.6 Å². The monoisotopic (exact) mass is 392 g/mol. The van der Waals surface area contributed by atoms with Gasteiger partial charge in [0.25, 0.3) is 0 Å². The Morgan fingerprint density at radius 1 is 1.27 bits per heavy atom. The zero-order valence-electron chi connectivity index (χ0n) is 15.5. The smallest absolute Gasteiger partial charge is 0.449 e. The van der Waals surface area contributed by atoms with Gasteiger partial charge in [-0.3, -0.25) is 0 Å². The molecule has 0 unspecified atom stereocenters. The maximum absolute atomic E-state index is 13.0. The minimum atomic E-state index is -4.96. The summed E-state index contributed by atoms with van der Waals surface area (Å²) in [5.41, 5.74) is 0.449. The van der Waals surface area contributed by atoms with Crippen LogP contribution in [0.15, 0.2) is 24.3 Å². The van der Waals surface area contributed by atoms with Crippen LogP contribution in [0, 0.1) is 17.2 Å². The van der Waals surface area contributed by atoms with Gasteiger partial charge < -0.3 is 22.6 Å². The third kappa shape index (κ3) is 6.89. The number of rotatable bonds is 3. The maximum atomic E-state index is 13.0. The first kappa shape index (κ1) is 23.5. The number of hydrogen-bond donors (Lipinski definition) is 0. The summed E-state index contributed by atoms with van der Waals surface area (Å²) in [6.45, 7) is 0.387. The Kier molecular flexibility index (Phi) is 8.24. The molecule has 0 aliphatic carbocycles. The summed E-state index contributed by atoms with van der Waals surface area (Å²) in [7, 11) is 0. The quantitative estimate of drug-likeness (QED) is 0.731. The predicted octanol–water partition coefficient (Wildman–Crippen LogP) is 1.36. The summed E-state index contributed by atoms with van der Waals surface area (Å²) in [6.07, 6.45) is -1.49. The number of nitrogens with zero attached hydrogens (tertiary/aromatic N) is 2. The van der Waals surface area contributed by atoms with E-state index in [4.69, 9.17) is 10.00 Å². The van der Waals surface area contributed by atoms with Gasteiger partial charge in [0, 0.05) is 19.0 Å². The van der Waals surface area contributed by atoms with Crippen LogP contribution in [0.3, 0.4) is 0 Å². The molecule has 0 radical (unpaired) electrons. The molecule has 136 valence electrons. The average molecular weight is 392 g/mol. The van der Waals surface area contributed by atoms with Crippen LogP contribution >= 0.6 is 0 Å². The van der Waals surface area contributed by atoms with Crippen LogP contribution in [0.5, 0.6) is 0 Å². The van der Waals surface area contributed by atoms with Crippen molar-refractivity contribution in [1.29, 1.82) is 5.26 Å². The fourth-order valence-corrected chi connectivity index (χ4v) is 3.11. The third-order valence-corrected chi connectivity index (χ3v) is 4.13. The Morgan fingerprint density at radius 3 is 2.31 bits per heavy atom. The SMILES string of the molecule is CC(C)(C)OC(=O)N1C[C@@H](C[B-](F)(F)F)[C@H](c2ccc(C#N)cc2)C1.[K+]. The molecule has 1 amide bonds. The van der Waals surface area contributed by atoms with E-state index in [0.717, 1.165) is 0 Å². The Hall–Kier alpha value is -0.529. The first-order chi connectivity index (χ1) is 11.5. The van der Waals surface area contributed by atoms with E-state index < -0.39 is 36.8 Å². The van der Waals surface area contributed by atoms with Crippen LogP contribution in [0.2, 0.25) is 6.32 Å². The Morgan fingerprint density at radius 2 is 1.85 bits per heavy atom. The van der Waals surface area contributed by atoms with Gasteiger partial charge in [0.2, 0.25) is 0 Å². The largest absolute Gasteiger partial charge is 1.00 e. The molecule has 1 aliphatic heterocycles. The zero-order valence-corrected chi connectivity index (χ0v) is 18.6. The van der Waals surface area contributed by atoms with Crippen molar-refractivity contribution in [3.05, 3.63) is 35.4 Å². The van der Waals surface area contributed by atoms with Crippen LogP contribution < -0.4 is 51.4 Å². The van der Waals surface area contributed by atoms with Gasteiger partial charge in [0.1, 0.15) is 5.60 Å². The molecule has 0 saturated carbocycles. The summed E-state index contributed by atoms with van der Waals surface area (Å²) in [6, 6.07) is 8.48. The number of carbonyl (C=O) groups is 1. The van der Waals surface area contributed by atoms with Crippen molar-refractivity contribution in [1.82, 2.24) is 4.90 Å². The average Bonchev–Trinajstić information content (AvgIpc) is 2.87. The van der Waals surface area contributed by atoms with Gasteiger partial charge in [0.15, 0.2) is 0 Å². The number of ether oxygens (including phenoxy) is 1. The van der Waals surface area contributed by atoms with E-state index in [2.05, 4.69) is 0 Å². The number of amides is 1. The van der Waals surface area contributed by atoms with Gasteiger partial charge in [-0.1, -0.05) is 18.5 Å². The van der Waals surface area contributed by atoms with Gasteiger partial charge in [-0.2, -0.15) is 5.26 Å². The number of hydrogen-bond acceptors (Lipinski definition) is 3. The normalized spacial score (nSPS) is 20.3. The molecule has 0 spiro atoms. The molecule has 2 atom stereocenters. The van der Waals surface area contributed by atoms with Crippen molar-refractivity contribution >= 4 is 13.1 Å². The molecule has 2 rings (SSSR count). The van der Waals surface area contributed by atoms with Crippen molar-refractivity contribution in [3.8, 4) is 6.07 Å². The third-order valence-electron chi connectivity index (χ3n) is 4.13. The van der Waals surface area contributed by atoms with E-state index in [-0.39, 0.29) is 64.5 Å². The molecule has 1 aromatic carbocycles. The van der Waals surface area contributed by atoms with E-state index in [1.165, 1.54) is 4.90 Å². The number of benzene rings is 1. The Bertz CT molecular complexity index is 669. The minimum absolute atomic E-state index is 0. The second kappa shape index (κ2) is 9.11. The molecule has 26 heavy (non-hydrogen) atoms. The Balaban J connectivity index is 0.00000338. The van der Waals surface area contributed by atoms with Crippen LogP contribution in [0.25, 0.3) is 0 Å². The fourth-order valence-electron chi connectivity index (χ4n) is 3.11. The maximum Gasteiger partial charge on any atom is 1.00 e. The number of carbonyl (C=O) groups excluding carboxylic acids is 1. The van der Waals surface area contributed by atoms with Gasteiger partial charge in [-0.05, 0) is 44.4 Å². The summed E-state index contributed by atoms with van der Waals surface area (Å²) >= 11 is 0. The van der Waals surface area contributed by atoms with Gasteiger partial charge in [-0.15, -0.1) is 0 Å². The molecule has 1 fully saturated rings. The first-order valence-corrected chi connectivity index (χ1v) is 8.17. The van der Waals surface area contributed by atoms with Crippen molar-refractivity contribution in [2.75, 3.05) is 13.1 Å².